The van der Waals surface area contributed by atoms with Gasteiger partial charge in [0.1, 0.15) is 11.5 Å². The highest BCUT2D eigenvalue weighted by Crippen LogP contribution is 2.24. The number of benzene rings is 2. The van der Waals surface area contributed by atoms with E-state index in [1.54, 1.807) is 0 Å². The van der Waals surface area contributed by atoms with Crippen molar-refractivity contribution in [2.24, 2.45) is 0 Å². The lowest BCUT2D eigenvalue weighted by Gasteiger charge is -2.14. The minimum Gasteiger partial charge on any atom is -0.493 e. The predicted octanol–water partition coefficient (Wildman–Crippen LogP) is 3.90. The van der Waals surface area contributed by atoms with Crippen LogP contribution in [-0.2, 0) is 4.79 Å². The molecule has 0 fully saturated rings. The van der Waals surface area contributed by atoms with Crippen molar-refractivity contribution in [2.45, 2.75) is 32.2 Å². The van der Waals surface area contributed by atoms with Crippen LogP contribution in [0.2, 0.25) is 0 Å². The summed E-state index contributed by atoms with van der Waals surface area (Å²) in [6.07, 6.45) is -5.06. The third kappa shape index (κ3) is 7.48. The molecule has 0 saturated carbocycles. The smallest absolute Gasteiger partial charge is 0.493 e. The number of aryl methyl sites for hydroxylation is 1. The fourth-order valence-corrected chi connectivity index (χ4v) is 2.44. The molecule has 2 rings (SSSR count). The van der Waals surface area contributed by atoms with E-state index in [2.05, 4.69) is 10.1 Å². The molecular formula is C20H22F3NO4. The summed E-state index contributed by atoms with van der Waals surface area (Å²) in [5, 5.41) is 12.6. The zero-order valence-electron chi connectivity index (χ0n) is 15.3. The molecule has 2 aromatic carbocycles. The Morgan fingerprint density at radius 3 is 2.46 bits per heavy atom. The molecule has 0 aliphatic carbocycles. The summed E-state index contributed by atoms with van der Waals surface area (Å²) in [4.78, 5) is 11.8. The first-order valence-corrected chi connectivity index (χ1v) is 8.73. The van der Waals surface area contributed by atoms with Gasteiger partial charge in [-0.2, -0.15) is 0 Å². The molecule has 0 bridgehead atoms. The van der Waals surface area contributed by atoms with Gasteiger partial charge in [0.25, 0.3) is 0 Å². The first kappa shape index (κ1) is 21.6. The van der Waals surface area contributed by atoms with Gasteiger partial charge in [0, 0.05) is 13.0 Å². The average Bonchev–Trinajstić information content (AvgIpc) is 2.64. The van der Waals surface area contributed by atoms with Crippen LogP contribution in [0.5, 0.6) is 11.5 Å². The van der Waals surface area contributed by atoms with E-state index in [-0.39, 0.29) is 24.6 Å². The molecule has 2 N–H and O–H groups in total. The quantitative estimate of drug-likeness (QED) is 0.630. The number of carbonyl (C=O) groups excluding carboxylic acids is 1. The van der Waals surface area contributed by atoms with E-state index < -0.39 is 12.5 Å². The van der Waals surface area contributed by atoms with Gasteiger partial charge >= 0.3 is 6.36 Å². The number of hydrogen-bond acceptors (Lipinski definition) is 4. The van der Waals surface area contributed by atoms with Crippen molar-refractivity contribution in [1.29, 1.82) is 0 Å². The van der Waals surface area contributed by atoms with Crippen molar-refractivity contribution in [1.82, 2.24) is 5.32 Å². The summed E-state index contributed by atoms with van der Waals surface area (Å²) in [6.45, 7) is 2.28. The van der Waals surface area contributed by atoms with Gasteiger partial charge in [0.15, 0.2) is 0 Å². The molecule has 5 nitrogen and oxygen atoms in total. The highest BCUT2D eigenvalue weighted by atomic mass is 19.4. The summed E-state index contributed by atoms with van der Waals surface area (Å²) >= 11 is 0. The number of alkyl halides is 3. The lowest BCUT2D eigenvalue weighted by molar-refractivity contribution is -0.274. The number of nitrogens with one attached hydrogen (secondary N) is 1. The molecule has 28 heavy (non-hydrogen) atoms. The van der Waals surface area contributed by atoms with E-state index in [1.165, 1.54) is 12.1 Å². The minimum atomic E-state index is -4.77. The highest BCUT2D eigenvalue weighted by molar-refractivity contribution is 5.75. The van der Waals surface area contributed by atoms with Crippen LogP contribution >= 0.6 is 0 Å². The van der Waals surface area contributed by atoms with E-state index in [9.17, 15) is 23.1 Å². The van der Waals surface area contributed by atoms with E-state index >= 15 is 0 Å². The first-order chi connectivity index (χ1) is 13.2. The van der Waals surface area contributed by atoms with Gasteiger partial charge in [-0.05, 0) is 42.7 Å². The zero-order valence-corrected chi connectivity index (χ0v) is 15.3. The summed E-state index contributed by atoms with van der Waals surface area (Å²) in [5.74, 6) is 0.155. The molecule has 1 unspecified atom stereocenters. The monoisotopic (exact) mass is 397 g/mol. The second kappa shape index (κ2) is 9.98. The van der Waals surface area contributed by atoms with Crippen LogP contribution in [0.4, 0.5) is 13.2 Å². The number of hydrogen-bond donors (Lipinski definition) is 2. The van der Waals surface area contributed by atoms with Crippen LogP contribution < -0.4 is 14.8 Å². The molecule has 152 valence electrons. The molecule has 8 heteroatoms. The minimum absolute atomic E-state index is 0.0447. The standard InChI is InChI=1S/C20H22F3NO4/c1-14-5-2-3-6-18(14)27-12-4-7-19(26)24-13-17(25)15-8-10-16(11-9-15)28-20(21,22)23/h2-3,5-6,8-11,17,25H,4,7,12-13H2,1H3,(H,24,26). The Balaban J connectivity index is 1.68. The molecule has 0 saturated heterocycles. The normalized spacial score (nSPS) is 12.3. The van der Waals surface area contributed by atoms with E-state index in [4.69, 9.17) is 4.74 Å². The van der Waals surface area contributed by atoms with Gasteiger partial charge in [-0.1, -0.05) is 30.3 Å². The number of ether oxygens (including phenoxy) is 2. The fourth-order valence-electron chi connectivity index (χ4n) is 2.44. The van der Waals surface area contributed by atoms with Crippen LogP contribution in [0.25, 0.3) is 0 Å². The second-order valence-corrected chi connectivity index (χ2v) is 6.15. The SMILES string of the molecule is Cc1ccccc1OCCCC(=O)NCC(O)c1ccc(OC(F)(F)F)cc1. The maximum Gasteiger partial charge on any atom is 0.573 e. The lowest BCUT2D eigenvalue weighted by atomic mass is 10.1. The Kier molecular flexibility index (Phi) is 7.69. The summed E-state index contributed by atoms with van der Waals surface area (Å²) in [5.41, 5.74) is 1.39. The molecule has 0 radical (unpaired) electrons. The highest BCUT2D eigenvalue weighted by Gasteiger charge is 2.31. The molecule has 0 aromatic heterocycles. The van der Waals surface area contributed by atoms with Crippen molar-refractivity contribution in [3.05, 3.63) is 59.7 Å². The molecule has 0 spiro atoms. The Hall–Kier alpha value is -2.74. The van der Waals surface area contributed by atoms with Crippen molar-refractivity contribution in [3.8, 4) is 11.5 Å². The van der Waals surface area contributed by atoms with E-state index in [0.717, 1.165) is 23.4 Å². The molecule has 0 aliphatic rings. The largest absolute Gasteiger partial charge is 0.573 e. The third-order valence-corrected chi connectivity index (χ3v) is 3.89. The van der Waals surface area contributed by atoms with Crippen LogP contribution in [0.1, 0.15) is 30.1 Å². The van der Waals surface area contributed by atoms with Crippen LogP contribution in [0, 0.1) is 6.92 Å². The predicted molar refractivity (Wildman–Crippen MR) is 97.0 cm³/mol. The van der Waals surface area contributed by atoms with Crippen molar-refractivity contribution < 1.29 is 32.5 Å². The number of amides is 1. The maximum atomic E-state index is 12.1. The van der Waals surface area contributed by atoms with Crippen LogP contribution in [0.3, 0.4) is 0 Å². The number of para-hydroxylation sites is 1. The number of rotatable bonds is 9. The molecule has 0 aliphatic heterocycles. The topological polar surface area (TPSA) is 67.8 Å². The Morgan fingerprint density at radius 1 is 1.14 bits per heavy atom. The number of aliphatic hydroxyl groups excluding tert-OH is 1. The van der Waals surface area contributed by atoms with Crippen molar-refractivity contribution >= 4 is 5.91 Å². The molecule has 1 amide bonds. The second-order valence-electron chi connectivity index (χ2n) is 6.15. The van der Waals surface area contributed by atoms with Gasteiger partial charge in [-0.15, -0.1) is 13.2 Å². The Labute approximate surface area is 161 Å². The molecule has 1 atom stereocenters. The van der Waals surface area contributed by atoms with E-state index in [0.29, 0.717) is 18.6 Å². The fraction of sp³-hybridized carbons (Fsp3) is 0.350. The first-order valence-electron chi connectivity index (χ1n) is 8.73. The van der Waals surface area contributed by atoms with Crippen molar-refractivity contribution in [3.63, 3.8) is 0 Å². The van der Waals surface area contributed by atoms with E-state index in [1.807, 2.05) is 31.2 Å². The lowest BCUT2D eigenvalue weighted by Crippen LogP contribution is -2.28. The van der Waals surface area contributed by atoms with Gasteiger partial charge in [-0.3, -0.25) is 4.79 Å². The number of carbonyl (C=O) groups is 1. The summed E-state index contributed by atoms with van der Waals surface area (Å²) in [7, 11) is 0. The van der Waals surface area contributed by atoms with Gasteiger partial charge in [0.05, 0.1) is 12.7 Å². The number of aliphatic hydroxyl groups is 1. The molecule has 2 aromatic rings. The summed E-state index contributed by atoms with van der Waals surface area (Å²) in [6, 6.07) is 12.4. The van der Waals surface area contributed by atoms with Gasteiger partial charge in [-0.25, -0.2) is 0 Å². The molecule has 0 heterocycles. The number of halogens is 3. The van der Waals surface area contributed by atoms with Gasteiger partial charge < -0.3 is 19.9 Å². The maximum absolute atomic E-state index is 12.1. The van der Waals surface area contributed by atoms with Crippen LogP contribution in [0.15, 0.2) is 48.5 Å². The average molecular weight is 397 g/mol. The third-order valence-electron chi connectivity index (χ3n) is 3.89. The van der Waals surface area contributed by atoms with Gasteiger partial charge in [0.2, 0.25) is 5.91 Å². The zero-order chi connectivity index (χ0) is 20.6. The van der Waals surface area contributed by atoms with Crippen LogP contribution in [-0.4, -0.2) is 30.5 Å². The molecular weight excluding hydrogens is 375 g/mol. The summed E-state index contributed by atoms with van der Waals surface area (Å²) < 4.78 is 45.7. The Morgan fingerprint density at radius 2 is 1.82 bits per heavy atom. The van der Waals surface area contributed by atoms with Crippen molar-refractivity contribution in [2.75, 3.05) is 13.2 Å². The Bertz CT molecular complexity index is 763.